The van der Waals surface area contributed by atoms with Gasteiger partial charge in [0.1, 0.15) is 0 Å². The summed E-state index contributed by atoms with van der Waals surface area (Å²) in [7, 11) is 2.99. The zero-order valence-corrected chi connectivity index (χ0v) is 12.7. The molecule has 4 amide bonds. The van der Waals surface area contributed by atoms with Crippen LogP contribution >= 0.6 is 0 Å². The second kappa shape index (κ2) is 8.24. The number of hydrogen-bond acceptors (Lipinski definition) is 4. The third-order valence-corrected chi connectivity index (χ3v) is 3.00. The molecular formula is C14H22N2O4. The summed E-state index contributed by atoms with van der Waals surface area (Å²) in [5, 5.41) is 0. The van der Waals surface area contributed by atoms with E-state index in [1.165, 1.54) is 24.1 Å². The first-order chi connectivity index (χ1) is 9.38. The van der Waals surface area contributed by atoms with Gasteiger partial charge in [-0.2, -0.15) is 0 Å². The highest BCUT2D eigenvalue weighted by Crippen LogP contribution is 2.19. The van der Waals surface area contributed by atoms with Crippen LogP contribution in [-0.2, 0) is 19.2 Å². The van der Waals surface area contributed by atoms with Gasteiger partial charge < -0.3 is 0 Å². The molecule has 2 rings (SSSR count). The molecule has 6 heteroatoms. The van der Waals surface area contributed by atoms with E-state index in [4.69, 9.17) is 0 Å². The van der Waals surface area contributed by atoms with Gasteiger partial charge in [0.15, 0.2) is 0 Å². The van der Waals surface area contributed by atoms with Crippen molar-refractivity contribution in [2.75, 3.05) is 14.1 Å². The lowest BCUT2D eigenvalue weighted by Gasteiger charge is -2.05. The highest BCUT2D eigenvalue weighted by Gasteiger charge is 2.34. The van der Waals surface area contributed by atoms with E-state index in [-0.39, 0.29) is 29.5 Å². The van der Waals surface area contributed by atoms with Crippen LogP contribution in [0.2, 0.25) is 0 Å². The summed E-state index contributed by atoms with van der Waals surface area (Å²) >= 11 is 0. The maximum atomic E-state index is 11.1. The summed E-state index contributed by atoms with van der Waals surface area (Å²) in [6, 6.07) is 0. The number of likely N-dealkylation sites (tertiary alicyclic amines) is 1. The molecule has 0 aliphatic carbocycles. The van der Waals surface area contributed by atoms with Crippen molar-refractivity contribution in [2.24, 2.45) is 5.92 Å². The Bertz CT molecular complexity index is 411. The molecule has 1 fully saturated rings. The summed E-state index contributed by atoms with van der Waals surface area (Å²) in [4.78, 5) is 45.0. The molecule has 0 aromatic carbocycles. The first kappa shape index (κ1) is 18.0. The molecular weight excluding hydrogens is 260 g/mol. The molecule has 0 spiro atoms. The van der Waals surface area contributed by atoms with Gasteiger partial charge in [-0.25, -0.2) is 0 Å². The lowest BCUT2D eigenvalue weighted by Crippen LogP contribution is -2.25. The highest BCUT2D eigenvalue weighted by atomic mass is 16.2. The Balaban J connectivity index is 0.000000327. The predicted octanol–water partition coefficient (Wildman–Crippen LogP) is 0.969. The maximum Gasteiger partial charge on any atom is 0.253 e. The van der Waals surface area contributed by atoms with Crippen LogP contribution in [0.4, 0.5) is 0 Å². The number of likely N-dealkylation sites (N-methyl/N-ethyl adjacent to an activating group) is 1. The topological polar surface area (TPSA) is 74.8 Å². The fraction of sp³-hybridized carbons (Fsp3) is 0.571. The molecule has 0 saturated carbocycles. The monoisotopic (exact) mass is 282 g/mol. The number of imide groups is 2. The van der Waals surface area contributed by atoms with E-state index in [0.29, 0.717) is 6.42 Å². The van der Waals surface area contributed by atoms with Crippen LogP contribution in [-0.4, -0.2) is 47.5 Å². The van der Waals surface area contributed by atoms with Crippen LogP contribution < -0.4 is 0 Å². The van der Waals surface area contributed by atoms with E-state index < -0.39 is 0 Å². The Morgan fingerprint density at radius 3 is 1.60 bits per heavy atom. The van der Waals surface area contributed by atoms with Crippen molar-refractivity contribution in [3.8, 4) is 0 Å². The van der Waals surface area contributed by atoms with Crippen molar-refractivity contribution < 1.29 is 19.2 Å². The normalized spacial score (nSPS) is 20.8. The Labute approximate surface area is 119 Å². The van der Waals surface area contributed by atoms with Crippen LogP contribution in [0.5, 0.6) is 0 Å². The zero-order chi connectivity index (χ0) is 15.9. The fourth-order valence-electron chi connectivity index (χ4n) is 1.63. The number of nitrogens with zero attached hydrogens (tertiary/aromatic N) is 2. The van der Waals surface area contributed by atoms with Crippen LogP contribution in [0.15, 0.2) is 12.2 Å². The largest absolute Gasteiger partial charge is 0.285 e. The summed E-state index contributed by atoms with van der Waals surface area (Å²) in [6.07, 6.45) is 3.69. The Morgan fingerprint density at radius 1 is 1.00 bits per heavy atom. The van der Waals surface area contributed by atoms with E-state index in [0.717, 1.165) is 11.3 Å². The molecule has 0 aromatic heterocycles. The average Bonchev–Trinajstić information content (AvgIpc) is 2.89. The lowest BCUT2D eigenvalue weighted by molar-refractivity contribution is -0.138. The quantitative estimate of drug-likeness (QED) is 0.672. The van der Waals surface area contributed by atoms with E-state index in [2.05, 4.69) is 0 Å². The molecule has 0 aromatic rings. The van der Waals surface area contributed by atoms with Crippen molar-refractivity contribution in [2.45, 2.75) is 33.6 Å². The molecule has 0 bridgehead atoms. The molecule has 1 saturated heterocycles. The van der Waals surface area contributed by atoms with Crippen molar-refractivity contribution in [3.63, 3.8) is 0 Å². The molecule has 2 aliphatic heterocycles. The van der Waals surface area contributed by atoms with E-state index in [9.17, 15) is 19.2 Å². The molecule has 2 heterocycles. The summed E-state index contributed by atoms with van der Waals surface area (Å²) in [6.45, 7) is 5.93. The van der Waals surface area contributed by atoms with Gasteiger partial charge in [0, 0.05) is 38.6 Å². The minimum atomic E-state index is -0.241. The van der Waals surface area contributed by atoms with Gasteiger partial charge in [-0.3, -0.25) is 29.0 Å². The predicted molar refractivity (Wildman–Crippen MR) is 74.4 cm³/mol. The molecule has 0 N–H and O–H groups in total. The van der Waals surface area contributed by atoms with Gasteiger partial charge in [0.05, 0.1) is 0 Å². The molecule has 0 radical (unpaired) electrons. The third kappa shape index (κ3) is 4.29. The van der Waals surface area contributed by atoms with Crippen LogP contribution in [0.3, 0.4) is 0 Å². The van der Waals surface area contributed by atoms with Crippen molar-refractivity contribution in [1.82, 2.24) is 9.80 Å². The maximum absolute atomic E-state index is 11.1. The number of carbonyl (C=O) groups excluding carboxylic acids is 4. The summed E-state index contributed by atoms with van der Waals surface area (Å²) in [5.74, 6) is -0.591. The molecule has 1 atom stereocenters. The minimum absolute atomic E-state index is 0.0208. The molecule has 112 valence electrons. The van der Waals surface area contributed by atoms with E-state index >= 15 is 0 Å². The summed E-state index contributed by atoms with van der Waals surface area (Å²) < 4.78 is 0. The van der Waals surface area contributed by atoms with Gasteiger partial charge in [-0.05, 0) is 6.42 Å². The first-order valence-electron chi connectivity index (χ1n) is 6.68. The van der Waals surface area contributed by atoms with Gasteiger partial charge in [0.2, 0.25) is 11.8 Å². The number of carbonyl (C=O) groups is 4. The average molecular weight is 282 g/mol. The summed E-state index contributed by atoms with van der Waals surface area (Å²) in [5.41, 5.74) is 0. The van der Waals surface area contributed by atoms with Crippen molar-refractivity contribution >= 4 is 23.6 Å². The number of amides is 4. The second-order valence-corrected chi connectivity index (χ2v) is 4.17. The van der Waals surface area contributed by atoms with Crippen LogP contribution in [0.25, 0.3) is 0 Å². The minimum Gasteiger partial charge on any atom is -0.285 e. The van der Waals surface area contributed by atoms with Crippen molar-refractivity contribution in [3.05, 3.63) is 12.2 Å². The Hall–Kier alpha value is -1.98. The van der Waals surface area contributed by atoms with E-state index in [1.54, 1.807) is 7.05 Å². The SMILES string of the molecule is CC.CCC1CC(=O)N(C)C1=O.CN1C(=O)C=CC1=O. The standard InChI is InChI=1S/C7H11NO2.C5H5NO2.C2H6/c1-3-5-4-6(9)8(2)7(5)10;1-6-4(7)2-3-5(6)8;1-2/h5H,3-4H2,1-2H3;2-3H,1H3;1-2H3. The molecule has 2 aliphatic rings. The molecule has 6 nitrogen and oxygen atoms in total. The van der Waals surface area contributed by atoms with Gasteiger partial charge >= 0.3 is 0 Å². The smallest absolute Gasteiger partial charge is 0.253 e. The number of rotatable bonds is 1. The van der Waals surface area contributed by atoms with Crippen LogP contribution in [0.1, 0.15) is 33.6 Å². The lowest BCUT2D eigenvalue weighted by atomic mass is 10.1. The highest BCUT2D eigenvalue weighted by molar-refractivity contribution is 6.12. The molecule has 20 heavy (non-hydrogen) atoms. The Kier molecular flexibility index (Phi) is 7.43. The second-order valence-electron chi connectivity index (χ2n) is 4.17. The molecule has 1 unspecified atom stereocenters. The fourth-order valence-corrected chi connectivity index (χ4v) is 1.63. The van der Waals surface area contributed by atoms with Crippen molar-refractivity contribution in [1.29, 1.82) is 0 Å². The first-order valence-corrected chi connectivity index (χ1v) is 6.68. The van der Waals surface area contributed by atoms with Gasteiger partial charge in [-0.1, -0.05) is 20.8 Å². The Morgan fingerprint density at radius 2 is 1.45 bits per heavy atom. The van der Waals surface area contributed by atoms with Gasteiger partial charge in [-0.15, -0.1) is 0 Å². The van der Waals surface area contributed by atoms with E-state index in [1.807, 2.05) is 20.8 Å². The van der Waals surface area contributed by atoms with Crippen LogP contribution in [0, 0.1) is 5.92 Å². The zero-order valence-electron chi connectivity index (χ0n) is 12.7. The number of hydrogen-bond donors (Lipinski definition) is 0. The van der Waals surface area contributed by atoms with Gasteiger partial charge in [0.25, 0.3) is 11.8 Å². The third-order valence-electron chi connectivity index (χ3n) is 3.00.